The molecule has 0 unspecified atom stereocenters. The monoisotopic (exact) mass is 253 g/mol. The zero-order valence-electron chi connectivity index (χ0n) is 9.74. The van der Waals surface area contributed by atoms with Crippen molar-refractivity contribution in [2.45, 2.75) is 26.3 Å². The van der Waals surface area contributed by atoms with E-state index in [4.69, 9.17) is 11.6 Å². The highest BCUT2D eigenvalue weighted by atomic mass is 35.5. The summed E-state index contributed by atoms with van der Waals surface area (Å²) in [6.07, 6.45) is 0. The Balaban J connectivity index is 2.55. The Kier molecular flexibility index (Phi) is 3.43. The number of aryl methyl sites for hydroxylation is 1. The summed E-state index contributed by atoms with van der Waals surface area (Å²) in [6.45, 7) is 4.54. The molecule has 0 N–H and O–H groups in total. The Morgan fingerprint density at radius 2 is 2.06 bits per heavy atom. The van der Waals surface area contributed by atoms with Crippen molar-refractivity contribution in [3.63, 3.8) is 0 Å². The van der Waals surface area contributed by atoms with Crippen molar-refractivity contribution in [1.29, 1.82) is 0 Å². The third-order valence-corrected chi connectivity index (χ3v) is 2.80. The van der Waals surface area contributed by atoms with Gasteiger partial charge in [0.2, 0.25) is 0 Å². The van der Waals surface area contributed by atoms with Crippen LogP contribution in [0.15, 0.2) is 18.2 Å². The van der Waals surface area contributed by atoms with Crippen LogP contribution < -0.4 is 0 Å². The summed E-state index contributed by atoms with van der Waals surface area (Å²) in [5.41, 5.74) is 1.59. The zero-order valence-corrected chi connectivity index (χ0v) is 10.5. The lowest BCUT2D eigenvalue weighted by Gasteiger charge is -2.06. The highest BCUT2D eigenvalue weighted by Crippen LogP contribution is 2.21. The van der Waals surface area contributed by atoms with Crippen LogP contribution in [0, 0.1) is 12.7 Å². The fourth-order valence-corrected chi connectivity index (χ4v) is 2.04. The van der Waals surface area contributed by atoms with Crippen molar-refractivity contribution in [2.75, 3.05) is 0 Å². The van der Waals surface area contributed by atoms with Gasteiger partial charge in [0.25, 0.3) is 0 Å². The highest BCUT2D eigenvalue weighted by Gasteiger charge is 2.12. The summed E-state index contributed by atoms with van der Waals surface area (Å²) in [4.78, 5) is 0. The lowest BCUT2D eigenvalue weighted by Crippen LogP contribution is -2.02. The second kappa shape index (κ2) is 4.84. The van der Waals surface area contributed by atoms with Gasteiger partial charge in [-0.3, -0.25) is 0 Å². The van der Waals surface area contributed by atoms with Gasteiger partial charge >= 0.3 is 0 Å². The molecule has 2 rings (SSSR count). The Labute approximate surface area is 104 Å². The third kappa shape index (κ3) is 2.31. The largest absolute Gasteiger partial charge is 0.310 e. The minimum Gasteiger partial charge on any atom is -0.310 e. The summed E-state index contributed by atoms with van der Waals surface area (Å²) in [6, 6.07) is 4.83. The summed E-state index contributed by atoms with van der Waals surface area (Å²) < 4.78 is 15.2. The van der Waals surface area contributed by atoms with Gasteiger partial charge in [-0.2, -0.15) is 0 Å². The van der Waals surface area contributed by atoms with Gasteiger partial charge < -0.3 is 4.57 Å². The van der Waals surface area contributed by atoms with Gasteiger partial charge in [-0.15, -0.1) is 21.8 Å². The predicted octanol–water partition coefficient (Wildman–Crippen LogP) is 3.15. The number of hydrogen-bond acceptors (Lipinski definition) is 2. The van der Waals surface area contributed by atoms with E-state index in [1.807, 2.05) is 24.5 Å². The maximum absolute atomic E-state index is 13.4. The summed E-state index contributed by atoms with van der Waals surface area (Å²) >= 11 is 5.78. The van der Waals surface area contributed by atoms with Crippen LogP contribution in [0.3, 0.4) is 0 Å². The standard InChI is InChI=1S/C12H13ClFN3/c1-3-17-11(7-13)15-16-12(17)9-4-8(2)5-10(14)6-9/h4-6H,3,7H2,1-2H3. The Hall–Kier alpha value is -1.42. The summed E-state index contributed by atoms with van der Waals surface area (Å²) in [5.74, 6) is 1.39. The van der Waals surface area contributed by atoms with E-state index in [2.05, 4.69) is 10.2 Å². The van der Waals surface area contributed by atoms with Crippen LogP contribution in [-0.4, -0.2) is 14.8 Å². The molecule has 2 aromatic rings. The second-order valence-corrected chi connectivity index (χ2v) is 4.10. The van der Waals surface area contributed by atoms with Crippen molar-refractivity contribution in [3.05, 3.63) is 35.4 Å². The number of nitrogens with zero attached hydrogens (tertiary/aromatic N) is 3. The van der Waals surface area contributed by atoms with Crippen LogP contribution in [0.25, 0.3) is 11.4 Å². The number of benzene rings is 1. The van der Waals surface area contributed by atoms with Crippen LogP contribution >= 0.6 is 11.6 Å². The van der Waals surface area contributed by atoms with Crippen LogP contribution in [0.1, 0.15) is 18.3 Å². The van der Waals surface area contributed by atoms with Crippen LogP contribution in [0.2, 0.25) is 0 Å². The topological polar surface area (TPSA) is 30.7 Å². The number of aromatic nitrogens is 3. The highest BCUT2D eigenvalue weighted by molar-refractivity contribution is 6.16. The first-order valence-corrected chi connectivity index (χ1v) is 5.94. The van der Waals surface area contributed by atoms with Crippen LogP contribution in [-0.2, 0) is 12.4 Å². The van der Waals surface area contributed by atoms with Gasteiger partial charge in [0, 0.05) is 12.1 Å². The lowest BCUT2D eigenvalue weighted by atomic mass is 10.1. The third-order valence-electron chi connectivity index (χ3n) is 2.56. The van der Waals surface area contributed by atoms with Crippen molar-refractivity contribution >= 4 is 11.6 Å². The second-order valence-electron chi connectivity index (χ2n) is 3.83. The SMILES string of the molecule is CCn1c(CCl)nnc1-c1cc(C)cc(F)c1. The number of halogens is 2. The van der Waals surface area contributed by atoms with Gasteiger partial charge in [-0.25, -0.2) is 4.39 Å². The molecule has 17 heavy (non-hydrogen) atoms. The maximum atomic E-state index is 13.4. The molecular weight excluding hydrogens is 241 g/mol. The van der Waals surface area contributed by atoms with Crippen molar-refractivity contribution in [1.82, 2.24) is 14.8 Å². The lowest BCUT2D eigenvalue weighted by molar-refractivity contribution is 0.626. The molecule has 0 amide bonds. The molecule has 0 saturated carbocycles. The smallest absolute Gasteiger partial charge is 0.164 e. The molecule has 0 spiro atoms. The van der Waals surface area contributed by atoms with E-state index >= 15 is 0 Å². The normalized spacial score (nSPS) is 10.8. The van der Waals surface area contributed by atoms with Gasteiger partial charge in [0.15, 0.2) is 5.82 Å². The van der Waals surface area contributed by atoms with E-state index < -0.39 is 0 Å². The molecule has 5 heteroatoms. The molecule has 0 aliphatic rings. The molecule has 1 aromatic carbocycles. The fourth-order valence-electron chi connectivity index (χ4n) is 1.85. The average molecular weight is 254 g/mol. The molecule has 0 aliphatic heterocycles. The molecule has 0 aliphatic carbocycles. The fraction of sp³-hybridized carbons (Fsp3) is 0.333. The van der Waals surface area contributed by atoms with Crippen molar-refractivity contribution < 1.29 is 4.39 Å². The van der Waals surface area contributed by atoms with Gasteiger partial charge in [0.05, 0.1) is 5.88 Å². The van der Waals surface area contributed by atoms with Crippen LogP contribution in [0.5, 0.6) is 0 Å². The molecule has 1 heterocycles. The summed E-state index contributed by atoms with van der Waals surface area (Å²) in [5, 5.41) is 8.07. The quantitative estimate of drug-likeness (QED) is 0.787. The molecule has 0 bridgehead atoms. The van der Waals surface area contributed by atoms with E-state index in [0.29, 0.717) is 24.1 Å². The van der Waals surface area contributed by atoms with Crippen molar-refractivity contribution in [2.24, 2.45) is 0 Å². The molecular formula is C12H13ClFN3. The first kappa shape index (κ1) is 12.0. The maximum Gasteiger partial charge on any atom is 0.164 e. The van der Waals surface area contributed by atoms with E-state index in [-0.39, 0.29) is 5.82 Å². The van der Waals surface area contributed by atoms with Gasteiger partial charge in [-0.1, -0.05) is 0 Å². The zero-order chi connectivity index (χ0) is 12.4. The molecule has 90 valence electrons. The van der Waals surface area contributed by atoms with E-state index in [9.17, 15) is 4.39 Å². The Morgan fingerprint density at radius 1 is 1.29 bits per heavy atom. The molecule has 0 saturated heterocycles. The Morgan fingerprint density at radius 3 is 2.65 bits per heavy atom. The number of alkyl halides is 1. The number of hydrogen-bond donors (Lipinski definition) is 0. The predicted molar refractivity (Wildman–Crippen MR) is 65.4 cm³/mol. The molecule has 0 atom stereocenters. The molecule has 0 radical (unpaired) electrons. The minimum absolute atomic E-state index is 0.266. The first-order valence-electron chi connectivity index (χ1n) is 5.41. The van der Waals surface area contributed by atoms with Crippen LogP contribution in [0.4, 0.5) is 4.39 Å². The van der Waals surface area contributed by atoms with Gasteiger partial charge in [-0.05, 0) is 37.6 Å². The molecule has 1 aromatic heterocycles. The van der Waals surface area contributed by atoms with E-state index in [1.54, 1.807) is 0 Å². The molecule has 3 nitrogen and oxygen atoms in total. The molecule has 0 fully saturated rings. The van der Waals surface area contributed by atoms with E-state index in [1.165, 1.54) is 12.1 Å². The number of rotatable bonds is 3. The van der Waals surface area contributed by atoms with Crippen molar-refractivity contribution in [3.8, 4) is 11.4 Å². The minimum atomic E-state index is -0.266. The average Bonchev–Trinajstić information content (AvgIpc) is 2.70. The van der Waals surface area contributed by atoms with E-state index in [0.717, 1.165) is 11.1 Å². The van der Waals surface area contributed by atoms with Gasteiger partial charge in [0.1, 0.15) is 11.6 Å². The Bertz CT molecular complexity index is 516. The summed E-state index contributed by atoms with van der Waals surface area (Å²) in [7, 11) is 0. The first-order chi connectivity index (χ1) is 8.15.